The second-order valence-corrected chi connectivity index (χ2v) is 4.71. The van der Waals surface area contributed by atoms with Crippen molar-refractivity contribution in [1.29, 1.82) is 0 Å². The van der Waals surface area contributed by atoms with Crippen molar-refractivity contribution < 1.29 is 0 Å². The Bertz CT molecular complexity index is 484. The Kier molecular flexibility index (Phi) is 4.47. The number of rotatable bonds is 5. The van der Waals surface area contributed by atoms with Crippen molar-refractivity contribution in [1.82, 2.24) is 4.98 Å². The Labute approximate surface area is 112 Å². The van der Waals surface area contributed by atoms with E-state index in [4.69, 9.17) is 0 Å². The quantitative estimate of drug-likeness (QED) is 0.765. The molecule has 0 atom stereocenters. The molecular formula is C14H17N3S. The van der Waals surface area contributed by atoms with Crippen molar-refractivity contribution in [3.63, 3.8) is 0 Å². The number of benzene rings is 1. The van der Waals surface area contributed by atoms with Gasteiger partial charge in [0.15, 0.2) is 0 Å². The molecule has 2 rings (SSSR count). The van der Waals surface area contributed by atoms with Crippen LogP contribution in [0.2, 0.25) is 0 Å². The molecule has 0 aliphatic rings. The van der Waals surface area contributed by atoms with E-state index >= 15 is 0 Å². The molecule has 94 valence electrons. The van der Waals surface area contributed by atoms with Crippen LogP contribution < -0.4 is 4.90 Å². The molecule has 0 amide bonds. The SMILES string of the molecule is CCN(CC)c1ccc(/C=N\c2nccs2)cc1. The Hall–Kier alpha value is -1.68. The summed E-state index contributed by atoms with van der Waals surface area (Å²) in [5.74, 6) is 0. The van der Waals surface area contributed by atoms with Gasteiger partial charge in [0.2, 0.25) is 5.13 Å². The van der Waals surface area contributed by atoms with Crippen LogP contribution >= 0.6 is 11.3 Å². The summed E-state index contributed by atoms with van der Waals surface area (Å²) in [6, 6.07) is 8.45. The molecule has 0 saturated carbocycles. The van der Waals surface area contributed by atoms with Gasteiger partial charge >= 0.3 is 0 Å². The molecule has 1 heterocycles. The third-order valence-corrected chi connectivity index (χ3v) is 3.44. The van der Waals surface area contributed by atoms with Gasteiger partial charge in [0, 0.05) is 36.6 Å². The fourth-order valence-electron chi connectivity index (χ4n) is 1.77. The van der Waals surface area contributed by atoms with E-state index in [-0.39, 0.29) is 0 Å². The number of hydrogen-bond donors (Lipinski definition) is 0. The minimum atomic E-state index is 0.794. The van der Waals surface area contributed by atoms with Gasteiger partial charge in [-0.15, -0.1) is 11.3 Å². The highest BCUT2D eigenvalue weighted by Gasteiger charge is 2.00. The van der Waals surface area contributed by atoms with E-state index in [1.165, 1.54) is 5.69 Å². The number of anilines is 1. The lowest BCUT2D eigenvalue weighted by Gasteiger charge is -2.20. The molecule has 4 heteroatoms. The zero-order valence-electron chi connectivity index (χ0n) is 10.7. The van der Waals surface area contributed by atoms with E-state index in [2.05, 4.69) is 53.0 Å². The molecule has 0 aliphatic carbocycles. The lowest BCUT2D eigenvalue weighted by atomic mass is 10.2. The van der Waals surface area contributed by atoms with Gasteiger partial charge in [-0.1, -0.05) is 12.1 Å². The van der Waals surface area contributed by atoms with Crippen LogP contribution in [0.5, 0.6) is 0 Å². The van der Waals surface area contributed by atoms with Crippen LogP contribution in [0.3, 0.4) is 0 Å². The monoisotopic (exact) mass is 259 g/mol. The highest BCUT2D eigenvalue weighted by Crippen LogP contribution is 2.16. The van der Waals surface area contributed by atoms with E-state index in [1.807, 2.05) is 11.6 Å². The summed E-state index contributed by atoms with van der Waals surface area (Å²) in [6.45, 7) is 6.40. The zero-order valence-corrected chi connectivity index (χ0v) is 11.5. The van der Waals surface area contributed by atoms with E-state index < -0.39 is 0 Å². The molecule has 0 bridgehead atoms. The summed E-state index contributed by atoms with van der Waals surface area (Å²) in [7, 11) is 0. The molecule has 1 aromatic heterocycles. The van der Waals surface area contributed by atoms with Crippen LogP contribution in [0.4, 0.5) is 10.8 Å². The Morgan fingerprint density at radius 2 is 1.94 bits per heavy atom. The summed E-state index contributed by atoms with van der Waals surface area (Å²) < 4.78 is 0. The smallest absolute Gasteiger partial charge is 0.208 e. The Balaban J connectivity index is 2.08. The summed E-state index contributed by atoms with van der Waals surface area (Å²) in [6.07, 6.45) is 3.62. The van der Waals surface area contributed by atoms with Crippen molar-refractivity contribution in [3.05, 3.63) is 41.4 Å². The van der Waals surface area contributed by atoms with E-state index in [1.54, 1.807) is 17.5 Å². The molecule has 18 heavy (non-hydrogen) atoms. The number of thiazole rings is 1. The number of aromatic nitrogens is 1. The van der Waals surface area contributed by atoms with Gasteiger partial charge in [0.25, 0.3) is 0 Å². The average molecular weight is 259 g/mol. The first-order valence-electron chi connectivity index (χ1n) is 6.12. The second kappa shape index (κ2) is 6.31. The van der Waals surface area contributed by atoms with Crippen molar-refractivity contribution in [2.45, 2.75) is 13.8 Å². The van der Waals surface area contributed by atoms with E-state index in [9.17, 15) is 0 Å². The minimum Gasteiger partial charge on any atom is -0.372 e. The maximum absolute atomic E-state index is 4.32. The summed E-state index contributed by atoms with van der Waals surface area (Å²) in [4.78, 5) is 10.8. The molecule has 0 fully saturated rings. The molecular weight excluding hydrogens is 242 g/mol. The standard InChI is InChI=1S/C14H17N3S/c1-3-17(4-2)13-7-5-12(6-8-13)11-16-14-15-9-10-18-14/h5-11H,3-4H2,1-2H3/b16-11-. The first-order valence-corrected chi connectivity index (χ1v) is 7.00. The lowest BCUT2D eigenvalue weighted by molar-refractivity contribution is 0.866. The van der Waals surface area contributed by atoms with Gasteiger partial charge in [-0.25, -0.2) is 9.98 Å². The first-order chi connectivity index (χ1) is 8.83. The predicted octanol–water partition coefficient (Wildman–Crippen LogP) is 3.74. The fraction of sp³-hybridized carbons (Fsp3) is 0.286. The van der Waals surface area contributed by atoms with Crippen LogP contribution in [0.15, 0.2) is 40.8 Å². The third kappa shape index (κ3) is 3.17. The van der Waals surface area contributed by atoms with Crippen molar-refractivity contribution >= 4 is 28.4 Å². The molecule has 0 N–H and O–H groups in total. The van der Waals surface area contributed by atoms with Crippen LogP contribution in [-0.4, -0.2) is 24.3 Å². The van der Waals surface area contributed by atoms with Crippen LogP contribution in [0.1, 0.15) is 19.4 Å². The highest BCUT2D eigenvalue weighted by molar-refractivity contribution is 7.13. The molecule has 0 spiro atoms. The average Bonchev–Trinajstić information content (AvgIpc) is 2.92. The van der Waals surface area contributed by atoms with Crippen LogP contribution in [-0.2, 0) is 0 Å². The maximum atomic E-state index is 4.32. The second-order valence-electron chi connectivity index (χ2n) is 3.84. The van der Waals surface area contributed by atoms with Gasteiger partial charge in [0.1, 0.15) is 0 Å². The van der Waals surface area contributed by atoms with Crippen LogP contribution in [0, 0.1) is 0 Å². The first kappa shape index (κ1) is 12.8. The van der Waals surface area contributed by atoms with Crippen molar-refractivity contribution in [2.24, 2.45) is 4.99 Å². The fourth-order valence-corrected chi connectivity index (χ4v) is 2.25. The van der Waals surface area contributed by atoms with Gasteiger partial charge in [-0.3, -0.25) is 0 Å². The maximum Gasteiger partial charge on any atom is 0.208 e. The molecule has 2 aromatic rings. The minimum absolute atomic E-state index is 0.794. The van der Waals surface area contributed by atoms with Gasteiger partial charge in [-0.05, 0) is 31.5 Å². The molecule has 0 radical (unpaired) electrons. The third-order valence-electron chi connectivity index (χ3n) is 2.77. The Morgan fingerprint density at radius 1 is 1.22 bits per heavy atom. The number of aliphatic imine (C=N–C) groups is 1. The van der Waals surface area contributed by atoms with Gasteiger partial charge in [0.05, 0.1) is 0 Å². The lowest BCUT2D eigenvalue weighted by Crippen LogP contribution is -2.21. The van der Waals surface area contributed by atoms with E-state index in [0.717, 1.165) is 23.8 Å². The van der Waals surface area contributed by atoms with Gasteiger partial charge < -0.3 is 4.90 Å². The van der Waals surface area contributed by atoms with Crippen molar-refractivity contribution in [3.8, 4) is 0 Å². The predicted molar refractivity (Wildman–Crippen MR) is 79.4 cm³/mol. The van der Waals surface area contributed by atoms with Crippen LogP contribution in [0.25, 0.3) is 0 Å². The molecule has 0 aliphatic heterocycles. The number of nitrogens with zero attached hydrogens (tertiary/aromatic N) is 3. The summed E-state index contributed by atoms with van der Waals surface area (Å²) in [5, 5.41) is 2.72. The van der Waals surface area contributed by atoms with Gasteiger partial charge in [-0.2, -0.15) is 0 Å². The normalized spacial score (nSPS) is 11.0. The molecule has 0 saturated heterocycles. The Morgan fingerprint density at radius 3 is 2.50 bits per heavy atom. The van der Waals surface area contributed by atoms with E-state index in [0.29, 0.717) is 0 Å². The zero-order chi connectivity index (χ0) is 12.8. The largest absolute Gasteiger partial charge is 0.372 e. The summed E-state index contributed by atoms with van der Waals surface area (Å²) >= 11 is 1.54. The highest BCUT2D eigenvalue weighted by atomic mass is 32.1. The topological polar surface area (TPSA) is 28.5 Å². The number of hydrogen-bond acceptors (Lipinski definition) is 4. The molecule has 3 nitrogen and oxygen atoms in total. The molecule has 0 unspecified atom stereocenters. The summed E-state index contributed by atoms with van der Waals surface area (Å²) in [5.41, 5.74) is 2.35. The van der Waals surface area contributed by atoms with Crippen molar-refractivity contribution in [2.75, 3.05) is 18.0 Å². The molecule has 1 aromatic carbocycles.